The van der Waals surface area contributed by atoms with Crippen LogP contribution in [0.4, 0.5) is 0 Å². The van der Waals surface area contributed by atoms with Gasteiger partial charge in [-0.1, -0.05) is 41.4 Å². The molecule has 138 valence electrons. The van der Waals surface area contributed by atoms with E-state index in [4.69, 9.17) is 33.0 Å². The van der Waals surface area contributed by atoms with Gasteiger partial charge < -0.3 is 14.7 Å². The molecule has 0 heterocycles. The molecule has 1 amide bonds. The zero-order valence-corrected chi connectivity index (χ0v) is 15.8. The lowest BCUT2D eigenvalue weighted by Gasteiger charge is -2.17. The van der Waals surface area contributed by atoms with Crippen LogP contribution in [0.25, 0.3) is 0 Å². The van der Waals surface area contributed by atoms with E-state index in [-0.39, 0.29) is 12.5 Å². The fourth-order valence-corrected chi connectivity index (χ4v) is 2.66. The number of hydrogen-bond donors (Lipinski definition) is 1. The number of rotatable bonds is 8. The molecule has 7 heteroatoms. The van der Waals surface area contributed by atoms with Crippen LogP contribution < -0.4 is 4.74 Å². The van der Waals surface area contributed by atoms with Crippen molar-refractivity contribution in [3.8, 4) is 5.75 Å². The van der Waals surface area contributed by atoms with Crippen LogP contribution in [0.5, 0.6) is 5.75 Å². The molecule has 2 aromatic rings. The minimum atomic E-state index is -1.03. The largest absolute Gasteiger partial charge is 0.482 e. The van der Waals surface area contributed by atoms with E-state index in [1.165, 1.54) is 0 Å². The Morgan fingerprint density at radius 2 is 1.69 bits per heavy atom. The van der Waals surface area contributed by atoms with Gasteiger partial charge in [-0.15, -0.1) is 0 Å². The number of carbonyl (C=O) groups is 2. The molecule has 0 fully saturated rings. The van der Waals surface area contributed by atoms with Crippen LogP contribution >= 0.6 is 23.2 Å². The first-order valence-electron chi connectivity index (χ1n) is 7.96. The van der Waals surface area contributed by atoms with E-state index in [0.29, 0.717) is 35.2 Å². The number of carboxylic acid groups (broad SMARTS) is 1. The molecule has 2 aromatic carbocycles. The first-order chi connectivity index (χ1) is 12.3. The van der Waals surface area contributed by atoms with Crippen LogP contribution in [0.15, 0.2) is 42.5 Å². The van der Waals surface area contributed by atoms with Gasteiger partial charge in [0.05, 0.1) is 10.0 Å². The number of benzene rings is 2. The third-order valence-electron chi connectivity index (χ3n) is 3.74. The molecular weight excluding hydrogens is 377 g/mol. The molecule has 0 aromatic heterocycles. The number of ether oxygens (including phenoxy) is 1. The number of carbonyl (C=O) groups excluding carboxylic acids is 1. The Balaban J connectivity index is 1.84. The van der Waals surface area contributed by atoms with Gasteiger partial charge in [0, 0.05) is 20.0 Å². The number of carboxylic acids is 1. The summed E-state index contributed by atoms with van der Waals surface area (Å²) in [5.74, 6) is -0.534. The van der Waals surface area contributed by atoms with Gasteiger partial charge in [0.15, 0.2) is 6.61 Å². The summed E-state index contributed by atoms with van der Waals surface area (Å²) in [6, 6.07) is 12.3. The molecular formula is C19H19Cl2NO4. The third-order valence-corrected chi connectivity index (χ3v) is 4.48. The minimum Gasteiger partial charge on any atom is -0.482 e. The highest BCUT2D eigenvalue weighted by Gasteiger charge is 2.10. The van der Waals surface area contributed by atoms with Crippen molar-refractivity contribution in [2.24, 2.45) is 0 Å². The molecule has 0 unspecified atom stereocenters. The second-order valence-electron chi connectivity index (χ2n) is 5.82. The molecule has 0 radical (unpaired) electrons. The molecule has 5 nitrogen and oxygen atoms in total. The van der Waals surface area contributed by atoms with Crippen LogP contribution in [0.1, 0.15) is 17.5 Å². The Morgan fingerprint density at radius 3 is 2.31 bits per heavy atom. The highest BCUT2D eigenvalue weighted by molar-refractivity contribution is 6.42. The van der Waals surface area contributed by atoms with Gasteiger partial charge in [-0.2, -0.15) is 0 Å². The molecule has 0 atom stereocenters. The van der Waals surface area contributed by atoms with Crippen LogP contribution in [0.2, 0.25) is 10.0 Å². The highest BCUT2D eigenvalue weighted by Crippen LogP contribution is 2.23. The van der Waals surface area contributed by atoms with E-state index in [2.05, 4.69) is 0 Å². The number of hydrogen-bond acceptors (Lipinski definition) is 3. The Labute approximate surface area is 162 Å². The zero-order chi connectivity index (χ0) is 19.1. The summed E-state index contributed by atoms with van der Waals surface area (Å²) in [7, 11) is 1.74. The van der Waals surface area contributed by atoms with Crippen molar-refractivity contribution in [2.45, 2.75) is 19.4 Å². The maximum absolute atomic E-state index is 12.3. The van der Waals surface area contributed by atoms with Crippen molar-refractivity contribution in [2.75, 3.05) is 13.7 Å². The summed E-state index contributed by atoms with van der Waals surface area (Å²) < 4.78 is 5.08. The fraction of sp³-hybridized carbons (Fsp3) is 0.263. The monoisotopic (exact) mass is 395 g/mol. The number of aryl methyl sites for hydroxylation is 1. The second kappa shape index (κ2) is 9.46. The molecule has 0 aliphatic carbocycles. The summed E-state index contributed by atoms with van der Waals surface area (Å²) in [4.78, 5) is 24.4. The van der Waals surface area contributed by atoms with Crippen molar-refractivity contribution in [3.05, 3.63) is 63.6 Å². The number of nitrogens with zero attached hydrogens (tertiary/aromatic N) is 1. The summed E-state index contributed by atoms with van der Waals surface area (Å²) >= 11 is 11.9. The Bertz CT molecular complexity index is 778. The first kappa shape index (κ1) is 20.1. The zero-order valence-electron chi connectivity index (χ0n) is 14.2. The van der Waals surface area contributed by atoms with Gasteiger partial charge in [0.2, 0.25) is 5.91 Å². The SMILES string of the molecule is CN(Cc1ccc(OCC(=O)O)cc1)C(=O)CCc1ccc(Cl)c(Cl)c1. The Morgan fingerprint density at radius 1 is 1.04 bits per heavy atom. The molecule has 26 heavy (non-hydrogen) atoms. The first-order valence-corrected chi connectivity index (χ1v) is 8.72. The van der Waals surface area contributed by atoms with E-state index in [1.807, 2.05) is 6.07 Å². The van der Waals surface area contributed by atoms with E-state index in [9.17, 15) is 9.59 Å². The van der Waals surface area contributed by atoms with Crippen molar-refractivity contribution in [1.82, 2.24) is 4.90 Å². The van der Waals surface area contributed by atoms with E-state index >= 15 is 0 Å². The fourth-order valence-electron chi connectivity index (χ4n) is 2.34. The van der Waals surface area contributed by atoms with E-state index < -0.39 is 5.97 Å². The van der Waals surface area contributed by atoms with Gasteiger partial charge >= 0.3 is 5.97 Å². The van der Waals surface area contributed by atoms with Crippen molar-refractivity contribution in [1.29, 1.82) is 0 Å². The van der Waals surface area contributed by atoms with Gasteiger partial charge in [0.1, 0.15) is 5.75 Å². The van der Waals surface area contributed by atoms with E-state index in [1.54, 1.807) is 48.3 Å². The maximum Gasteiger partial charge on any atom is 0.341 e. The van der Waals surface area contributed by atoms with Crippen molar-refractivity contribution >= 4 is 35.1 Å². The summed E-state index contributed by atoms with van der Waals surface area (Å²) in [5.41, 5.74) is 1.89. The molecule has 0 saturated heterocycles. The van der Waals surface area contributed by atoms with Crippen molar-refractivity contribution < 1.29 is 19.4 Å². The maximum atomic E-state index is 12.3. The molecule has 0 aliphatic rings. The smallest absolute Gasteiger partial charge is 0.341 e. The lowest BCUT2D eigenvalue weighted by atomic mass is 10.1. The predicted molar refractivity (Wildman–Crippen MR) is 101 cm³/mol. The lowest BCUT2D eigenvalue weighted by molar-refractivity contribution is -0.139. The number of amides is 1. The molecule has 0 bridgehead atoms. The Kier molecular flexibility index (Phi) is 7.30. The standard InChI is InChI=1S/C19H19Cl2NO4/c1-22(11-14-2-6-15(7-3-14)26-12-19(24)25)18(23)9-5-13-4-8-16(20)17(21)10-13/h2-4,6-8,10H,5,9,11-12H2,1H3,(H,24,25). The van der Waals surface area contributed by atoms with Gasteiger partial charge in [-0.05, 0) is 41.8 Å². The number of halogens is 2. The second-order valence-corrected chi connectivity index (χ2v) is 6.64. The minimum absolute atomic E-state index is 0.0160. The topological polar surface area (TPSA) is 66.8 Å². The van der Waals surface area contributed by atoms with Gasteiger partial charge in [-0.25, -0.2) is 4.79 Å². The van der Waals surface area contributed by atoms with E-state index in [0.717, 1.165) is 11.1 Å². The molecule has 0 aliphatic heterocycles. The lowest BCUT2D eigenvalue weighted by Crippen LogP contribution is -2.26. The van der Waals surface area contributed by atoms with Crippen LogP contribution in [-0.4, -0.2) is 35.5 Å². The molecule has 0 saturated carbocycles. The summed E-state index contributed by atoms with van der Waals surface area (Å²) in [6.45, 7) is 0.0753. The quantitative estimate of drug-likeness (QED) is 0.731. The highest BCUT2D eigenvalue weighted by atomic mass is 35.5. The van der Waals surface area contributed by atoms with Gasteiger partial charge in [0.25, 0.3) is 0 Å². The predicted octanol–water partition coefficient (Wildman–Crippen LogP) is 4.05. The Hall–Kier alpha value is -2.24. The summed E-state index contributed by atoms with van der Waals surface area (Å²) in [5, 5.41) is 9.56. The average molecular weight is 396 g/mol. The van der Waals surface area contributed by atoms with Crippen LogP contribution in [0.3, 0.4) is 0 Å². The normalized spacial score (nSPS) is 10.4. The van der Waals surface area contributed by atoms with Crippen LogP contribution in [-0.2, 0) is 22.6 Å². The number of aliphatic carboxylic acids is 1. The van der Waals surface area contributed by atoms with Crippen molar-refractivity contribution in [3.63, 3.8) is 0 Å². The molecule has 0 spiro atoms. The molecule has 1 N–H and O–H groups in total. The molecule has 2 rings (SSSR count). The van der Waals surface area contributed by atoms with Crippen LogP contribution in [0, 0.1) is 0 Å². The summed E-state index contributed by atoms with van der Waals surface area (Å²) in [6.07, 6.45) is 0.955. The van der Waals surface area contributed by atoms with Gasteiger partial charge in [-0.3, -0.25) is 4.79 Å². The third kappa shape index (κ3) is 6.24. The average Bonchev–Trinajstić information content (AvgIpc) is 2.61.